The predicted octanol–water partition coefficient (Wildman–Crippen LogP) is 2.24. The Hall–Kier alpha value is -0.910. The van der Waals surface area contributed by atoms with E-state index in [1.165, 1.54) is 0 Å². The van der Waals surface area contributed by atoms with E-state index in [4.69, 9.17) is 4.74 Å². The fourth-order valence-electron chi connectivity index (χ4n) is 2.29. The van der Waals surface area contributed by atoms with E-state index in [9.17, 15) is 4.79 Å². The van der Waals surface area contributed by atoms with Gasteiger partial charge in [0, 0.05) is 49.4 Å². The summed E-state index contributed by atoms with van der Waals surface area (Å²) in [6, 6.07) is 7.55. The molecule has 20 heavy (non-hydrogen) atoms. The monoisotopic (exact) mass is 340 g/mol. The molecule has 1 saturated heterocycles. The van der Waals surface area contributed by atoms with Crippen LogP contribution in [0.4, 0.5) is 0 Å². The summed E-state index contributed by atoms with van der Waals surface area (Å²) in [6.45, 7) is 7.94. The van der Waals surface area contributed by atoms with Crippen molar-refractivity contribution < 1.29 is 9.53 Å². The molecular weight excluding hydrogens is 320 g/mol. The molecule has 1 aliphatic heterocycles. The lowest BCUT2D eigenvalue weighted by Gasteiger charge is -2.34. The van der Waals surface area contributed by atoms with Crippen molar-refractivity contribution in [1.82, 2.24) is 9.80 Å². The van der Waals surface area contributed by atoms with Gasteiger partial charge >= 0.3 is 0 Å². The molecule has 0 bridgehead atoms. The third-order valence-electron chi connectivity index (χ3n) is 3.51. The Kier molecular flexibility index (Phi) is 6.01. The Bertz CT molecular complexity index is 428. The van der Waals surface area contributed by atoms with E-state index in [0.29, 0.717) is 0 Å². The van der Waals surface area contributed by atoms with Crippen molar-refractivity contribution in [1.29, 1.82) is 0 Å². The number of carbonyl (C=O) groups is 1. The Morgan fingerprint density at radius 1 is 1.20 bits per heavy atom. The molecule has 110 valence electrons. The lowest BCUT2D eigenvalue weighted by Crippen LogP contribution is -2.49. The number of carbonyl (C=O) groups excluding carboxylic acids is 1. The Balaban J connectivity index is 1.81. The van der Waals surface area contributed by atoms with E-state index in [1.807, 2.05) is 36.1 Å². The molecule has 1 aromatic carbocycles. The molecule has 5 heteroatoms. The fraction of sp³-hybridized carbons (Fsp3) is 0.533. The summed E-state index contributed by atoms with van der Waals surface area (Å²) >= 11 is 3.38. The van der Waals surface area contributed by atoms with Crippen molar-refractivity contribution in [2.75, 3.05) is 45.9 Å². The number of rotatable bonds is 5. The number of piperazine rings is 1. The molecule has 2 rings (SSSR count). The van der Waals surface area contributed by atoms with Gasteiger partial charge in [-0.15, -0.1) is 0 Å². The first-order valence-corrected chi connectivity index (χ1v) is 7.85. The van der Waals surface area contributed by atoms with E-state index in [0.717, 1.165) is 56.0 Å². The highest BCUT2D eigenvalue weighted by Gasteiger charge is 2.21. The summed E-state index contributed by atoms with van der Waals surface area (Å²) in [5, 5.41) is 0. The summed E-state index contributed by atoms with van der Waals surface area (Å²) < 4.78 is 6.36. The van der Waals surface area contributed by atoms with Gasteiger partial charge in [-0.3, -0.25) is 9.69 Å². The van der Waals surface area contributed by atoms with Crippen molar-refractivity contribution in [2.24, 2.45) is 0 Å². The first-order chi connectivity index (χ1) is 9.70. The molecule has 0 atom stereocenters. The van der Waals surface area contributed by atoms with E-state index >= 15 is 0 Å². The van der Waals surface area contributed by atoms with Gasteiger partial charge in [0.1, 0.15) is 0 Å². The van der Waals surface area contributed by atoms with Crippen molar-refractivity contribution in [3.8, 4) is 0 Å². The van der Waals surface area contributed by atoms with Crippen LogP contribution in [0.15, 0.2) is 28.7 Å². The molecule has 0 unspecified atom stereocenters. The van der Waals surface area contributed by atoms with Crippen LogP contribution in [0.1, 0.15) is 17.3 Å². The molecule has 0 aromatic heterocycles. The lowest BCUT2D eigenvalue weighted by atomic mass is 10.2. The van der Waals surface area contributed by atoms with Crippen molar-refractivity contribution in [2.45, 2.75) is 6.92 Å². The normalized spacial score (nSPS) is 16.4. The summed E-state index contributed by atoms with van der Waals surface area (Å²) in [7, 11) is 0. The molecule has 1 amide bonds. The molecule has 1 aliphatic rings. The van der Waals surface area contributed by atoms with Crippen LogP contribution >= 0.6 is 15.9 Å². The van der Waals surface area contributed by atoms with Crippen molar-refractivity contribution in [3.63, 3.8) is 0 Å². The zero-order valence-corrected chi connectivity index (χ0v) is 13.4. The molecule has 0 N–H and O–H groups in total. The van der Waals surface area contributed by atoms with Crippen LogP contribution in [0, 0.1) is 0 Å². The SMILES string of the molecule is CCOCCN1CCN(C(=O)c2ccc(Br)cc2)CC1. The largest absolute Gasteiger partial charge is 0.380 e. The molecule has 0 saturated carbocycles. The summed E-state index contributed by atoms with van der Waals surface area (Å²) in [4.78, 5) is 16.6. The van der Waals surface area contributed by atoms with Gasteiger partial charge in [0.15, 0.2) is 0 Å². The van der Waals surface area contributed by atoms with Gasteiger partial charge in [0.2, 0.25) is 0 Å². The topological polar surface area (TPSA) is 32.8 Å². The smallest absolute Gasteiger partial charge is 0.253 e. The number of benzene rings is 1. The second kappa shape index (κ2) is 7.76. The van der Waals surface area contributed by atoms with Gasteiger partial charge in [-0.05, 0) is 31.2 Å². The summed E-state index contributed by atoms with van der Waals surface area (Å²) in [5.74, 6) is 0.127. The number of hydrogen-bond acceptors (Lipinski definition) is 3. The maximum Gasteiger partial charge on any atom is 0.253 e. The minimum Gasteiger partial charge on any atom is -0.380 e. The average Bonchev–Trinajstić information content (AvgIpc) is 2.48. The number of nitrogens with zero attached hydrogens (tertiary/aromatic N) is 2. The van der Waals surface area contributed by atoms with Gasteiger partial charge in [-0.2, -0.15) is 0 Å². The number of halogens is 1. The summed E-state index contributed by atoms with van der Waals surface area (Å²) in [6.07, 6.45) is 0. The molecule has 4 nitrogen and oxygen atoms in total. The minimum absolute atomic E-state index is 0.127. The first kappa shape index (κ1) is 15.5. The van der Waals surface area contributed by atoms with Crippen molar-refractivity contribution >= 4 is 21.8 Å². The molecule has 0 spiro atoms. The highest BCUT2D eigenvalue weighted by Crippen LogP contribution is 2.13. The molecule has 0 radical (unpaired) electrons. The lowest BCUT2D eigenvalue weighted by molar-refractivity contribution is 0.0565. The minimum atomic E-state index is 0.127. The number of amides is 1. The quantitative estimate of drug-likeness (QED) is 0.770. The second-order valence-corrected chi connectivity index (χ2v) is 5.75. The molecule has 1 fully saturated rings. The molecular formula is C15H21BrN2O2. The third kappa shape index (κ3) is 4.30. The van der Waals surface area contributed by atoms with Crippen LogP contribution < -0.4 is 0 Å². The zero-order valence-electron chi connectivity index (χ0n) is 11.8. The van der Waals surface area contributed by atoms with Gasteiger partial charge in [-0.1, -0.05) is 15.9 Å². The second-order valence-electron chi connectivity index (χ2n) is 4.84. The van der Waals surface area contributed by atoms with E-state index in [-0.39, 0.29) is 5.91 Å². The predicted molar refractivity (Wildman–Crippen MR) is 83.0 cm³/mol. The van der Waals surface area contributed by atoms with Crippen LogP contribution in [-0.2, 0) is 4.74 Å². The van der Waals surface area contributed by atoms with Gasteiger partial charge in [0.05, 0.1) is 6.61 Å². The van der Waals surface area contributed by atoms with Crippen LogP contribution in [0.2, 0.25) is 0 Å². The highest BCUT2D eigenvalue weighted by molar-refractivity contribution is 9.10. The zero-order chi connectivity index (χ0) is 14.4. The van der Waals surface area contributed by atoms with Crippen molar-refractivity contribution in [3.05, 3.63) is 34.3 Å². The van der Waals surface area contributed by atoms with Crippen LogP contribution in [0.25, 0.3) is 0 Å². The van der Waals surface area contributed by atoms with Crippen LogP contribution in [-0.4, -0.2) is 61.6 Å². The van der Waals surface area contributed by atoms with Gasteiger partial charge in [-0.25, -0.2) is 0 Å². The third-order valence-corrected chi connectivity index (χ3v) is 4.04. The number of hydrogen-bond donors (Lipinski definition) is 0. The molecule has 0 aliphatic carbocycles. The first-order valence-electron chi connectivity index (χ1n) is 7.05. The standard InChI is InChI=1S/C15H21BrN2O2/c1-2-20-12-11-17-7-9-18(10-8-17)15(19)13-3-5-14(16)6-4-13/h3-6H,2,7-12H2,1H3. The highest BCUT2D eigenvalue weighted by atomic mass is 79.9. The average molecular weight is 341 g/mol. The Morgan fingerprint density at radius 3 is 2.45 bits per heavy atom. The molecule has 1 aromatic rings. The van der Waals surface area contributed by atoms with E-state index < -0.39 is 0 Å². The van der Waals surface area contributed by atoms with Crippen LogP contribution in [0.3, 0.4) is 0 Å². The Labute approximate surface area is 128 Å². The number of ether oxygens (including phenoxy) is 1. The van der Waals surface area contributed by atoms with Gasteiger partial charge in [0.25, 0.3) is 5.91 Å². The van der Waals surface area contributed by atoms with Crippen LogP contribution in [0.5, 0.6) is 0 Å². The summed E-state index contributed by atoms with van der Waals surface area (Å²) in [5.41, 5.74) is 0.760. The maximum absolute atomic E-state index is 12.3. The maximum atomic E-state index is 12.3. The molecule has 1 heterocycles. The fourth-order valence-corrected chi connectivity index (χ4v) is 2.55. The Morgan fingerprint density at radius 2 is 1.85 bits per heavy atom. The van der Waals surface area contributed by atoms with Gasteiger partial charge < -0.3 is 9.64 Å². The van der Waals surface area contributed by atoms with E-state index in [1.54, 1.807) is 0 Å². The van der Waals surface area contributed by atoms with E-state index in [2.05, 4.69) is 20.8 Å².